The number of aromatic nitrogens is 5. The van der Waals surface area contributed by atoms with Gasteiger partial charge in [0.25, 0.3) is 5.56 Å². The zero-order valence-corrected chi connectivity index (χ0v) is 16.2. The van der Waals surface area contributed by atoms with Gasteiger partial charge in [0.05, 0.1) is 30.7 Å². The molecule has 4 rings (SSSR count). The van der Waals surface area contributed by atoms with Crippen LogP contribution in [0.25, 0.3) is 28.1 Å². The van der Waals surface area contributed by atoms with Crippen molar-refractivity contribution in [1.82, 2.24) is 24.1 Å². The van der Waals surface area contributed by atoms with Crippen molar-refractivity contribution in [3.8, 4) is 11.5 Å². The minimum atomic E-state index is -0.641. The van der Waals surface area contributed by atoms with Crippen molar-refractivity contribution in [2.45, 2.75) is 25.8 Å². The molecule has 1 N–H and O–H groups in total. The molecule has 2 atom stereocenters. The molecule has 0 saturated carbocycles. The second kappa shape index (κ2) is 7.37. The molecular weight excluding hydrogens is 381 g/mol. The summed E-state index contributed by atoms with van der Waals surface area (Å²) in [6.07, 6.45) is 1.43. The molecule has 0 bridgehead atoms. The molecule has 2 unspecified atom stereocenters. The van der Waals surface area contributed by atoms with E-state index in [1.165, 1.54) is 21.4 Å². The van der Waals surface area contributed by atoms with Gasteiger partial charge in [-0.3, -0.25) is 13.8 Å². The molecule has 0 aliphatic carbocycles. The number of aliphatic hydroxyl groups is 1. The lowest BCUT2D eigenvalue weighted by molar-refractivity contribution is 0.170. The van der Waals surface area contributed by atoms with E-state index in [2.05, 4.69) is 15.1 Å². The standard InChI is InChI=1S/C19H20FN5O4/c1-10(8-28-3)18-22-17(23-29-18)14-16-19(27)25(11(2)7-26)15-12(20)5-4-6-13(15)24(16)9-21-14/h4-6,9-11,26H,7-8H2,1-3H3. The van der Waals surface area contributed by atoms with Crippen molar-refractivity contribution in [3.63, 3.8) is 0 Å². The summed E-state index contributed by atoms with van der Waals surface area (Å²) in [5.74, 6) is -0.177. The molecule has 3 aromatic heterocycles. The Kier molecular flexibility index (Phi) is 4.89. The van der Waals surface area contributed by atoms with E-state index in [9.17, 15) is 14.3 Å². The zero-order valence-electron chi connectivity index (χ0n) is 16.2. The lowest BCUT2D eigenvalue weighted by Gasteiger charge is -2.17. The number of ether oxygens (including phenoxy) is 1. The molecule has 0 spiro atoms. The summed E-state index contributed by atoms with van der Waals surface area (Å²) in [6, 6.07) is 3.86. The van der Waals surface area contributed by atoms with Crippen LogP contribution in [-0.4, -0.2) is 49.5 Å². The molecule has 0 amide bonds. The van der Waals surface area contributed by atoms with Gasteiger partial charge in [-0.05, 0) is 19.1 Å². The molecule has 3 heterocycles. The van der Waals surface area contributed by atoms with E-state index in [1.54, 1.807) is 26.2 Å². The van der Waals surface area contributed by atoms with Crippen LogP contribution < -0.4 is 5.56 Å². The summed E-state index contributed by atoms with van der Waals surface area (Å²) in [6.45, 7) is 3.58. The Labute approximate surface area is 164 Å². The van der Waals surface area contributed by atoms with Crippen molar-refractivity contribution >= 4 is 16.6 Å². The molecule has 0 aliphatic rings. The summed E-state index contributed by atoms with van der Waals surface area (Å²) < 4.78 is 27.8. The molecule has 152 valence electrons. The molecule has 1 aromatic carbocycles. The highest BCUT2D eigenvalue weighted by Crippen LogP contribution is 2.26. The predicted molar refractivity (Wildman–Crippen MR) is 102 cm³/mol. The maximum atomic E-state index is 14.6. The lowest BCUT2D eigenvalue weighted by Crippen LogP contribution is -2.28. The number of halogens is 1. The Morgan fingerprint density at radius 1 is 1.31 bits per heavy atom. The van der Waals surface area contributed by atoms with Crippen LogP contribution in [0.1, 0.15) is 31.7 Å². The highest BCUT2D eigenvalue weighted by Gasteiger charge is 2.24. The fourth-order valence-electron chi connectivity index (χ4n) is 3.41. The lowest BCUT2D eigenvalue weighted by atomic mass is 10.2. The molecule has 9 nitrogen and oxygen atoms in total. The van der Waals surface area contributed by atoms with E-state index in [1.807, 2.05) is 6.92 Å². The molecule has 29 heavy (non-hydrogen) atoms. The van der Waals surface area contributed by atoms with E-state index in [4.69, 9.17) is 9.26 Å². The summed E-state index contributed by atoms with van der Waals surface area (Å²) in [5, 5.41) is 13.6. The number of benzene rings is 1. The van der Waals surface area contributed by atoms with Crippen LogP contribution in [0.5, 0.6) is 0 Å². The van der Waals surface area contributed by atoms with Crippen molar-refractivity contribution in [3.05, 3.63) is 46.6 Å². The van der Waals surface area contributed by atoms with Gasteiger partial charge in [0.15, 0.2) is 0 Å². The van der Waals surface area contributed by atoms with Crippen LogP contribution in [0.4, 0.5) is 4.39 Å². The van der Waals surface area contributed by atoms with Crippen LogP contribution in [-0.2, 0) is 4.74 Å². The number of hydrogen-bond acceptors (Lipinski definition) is 7. The summed E-state index contributed by atoms with van der Waals surface area (Å²) >= 11 is 0. The van der Waals surface area contributed by atoms with Gasteiger partial charge in [0, 0.05) is 7.11 Å². The zero-order chi connectivity index (χ0) is 20.7. The molecule has 0 aliphatic heterocycles. The molecular formula is C19H20FN5O4. The molecule has 0 fully saturated rings. The van der Waals surface area contributed by atoms with E-state index in [0.29, 0.717) is 18.0 Å². The number of fused-ring (bicyclic) bond motifs is 3. The first-order valence-electron chi connectivity index (χ1n) is 9.11. The van der Waals surface area contributed by atoms with Crippen LogP contribution in [0, 0.1) is 5.82 Å². The van der Waals surface area contributed by atoms with Gasteiger partial charge in [-0.15, -0.1) is 0 Å². The summed E-state index contributed by atoms with van der Waals surface area (Å²) in [7, 11) is 1.58. The second-order valence-electron chi connectivity index (χ2n) is 6.94. The van der Waals surface area contributed by atoms with Gasteiger partial charge >= 0.3 is 0 Å². The normalized spacial score (nSPS) is 14.0. The minimum Gasteiger partial charge on any atom is -0.394 e. The van der Waals surface area contributed by atoms with Crippen molar-refractivity contribution in [2.24, 2.45) is 0 Å². The third-order valence-corrected chi connectivity index (χ3v) is 4.85. The third kappa shape index (κ3) is 3.00. The fraction of sp³-hybridized carbons (Fsp3) is 0.368. The SMILES string of the molecule is COCC(C)c1nc(-c2ncn3c2c(=O)n(C(C)CO)c2c(F)cccc23)no1. The predicted octanol–water partition coefficient (Wildman–Crippen LogP) is 2.14. The van der Waals surface area contributed by atoms with Gasteiger partial charge in [0.2, 0.25) is 11.7 Å². The van der Waals surface area contributed by atoms with Crippen molar-refractivity contribution < 1.29 is 18.8 Å². The summed E-state index contributed by atoms with van der Waals surface area (Å²) in [4.78, 5) is 22.0. The third-order valence-electron chi connectivity index (χ3n) is 4.85. The van der Waals surface area contributed by atoms with E-state index >= 15 is 0 Å². The average molecular weight is 401 g/mol. The van der Waals surface area contributed by atoms with Crippen LogP contribution in [0.3, 0.4) is 0 Å². The number of imidazole rings is 1. The number of para-hydroxylation sites is 1. The van der Waals surface area contributed by atoms with Crippen molar-refractivity contribution in [1.29, 1.82) is 0 Å². The number of rotatable bonds is 6. The Hall–Kier alpha value is -3.11. The Bertz CT molecular complexity index is 1240. The van der Waals surface area contributed by atoms with Gasteiger partial charge in [-0.1, -0.05) is 18.1 Å². The number of aliphatic hydroxyl groups excluding tert-OH is 1. The molecule has 0 radical (unpaired) electrons. The Balaban J connectivity index is 2.01. The first-order valence-corrected chi connectivity index (χ1v) is 9.11. The van der Waals surface area contributed by atoms with Gasteiger partial charge in [-0.2, -0.15) is 4.98 Å². The quantitative estimate of drug-likeness (QED) is 0.527. The molecule has 0 saturated heterocycles. The van der Waals surface area contributed by atoms with E-state index in [0.717, 1.165) is 0 Å². The minimum absolute atomic E-state index is 0.0954. The highest BCUT2D eigenvalue weighted by molar-refractivity contribution is 5.84. The fourth-order valence-corrected chi connectivity index (χ4v) is 3.41. The highest BCUT2D eigenvalue weighted by atomic mass is 19.1. The topological polar surface area (TPSA) is 108 Å². The van der Waals surface area contributed by atoms with Gasteiger partial charge < -0.3 is 14.4 Å². The van der Waals surface area contributed by atoms with Gasteiger partial charge in [0.1, 0.15) is 28.9 Å². The van der Waals surface area contributed by atoms with E-state index in [-0.39, 0.29) is 35.1 Å². The average Bonchev–Trinajstić information content (AvgIpc) is 3.36. The van der Waals surface area contributed by atoms with Gasteiger partial charge in [-0.25, -0.2) is 9.37 Å². The number of hydrogen-bond donors (Lipinski definition) is 1. The molecule has 10 heteroatoms. The Morgan fingerprint density at radius 3 is 2.83 bits per heavy atom. The van der Waals surface area contributed by atoms with Crippen LogP contribution >= 0.6 is 0 Å². The first-order chi connectivity index (χ1) is 14.0. The maximum Gasteiger partial charge on any atom is 0.278 e. The van der Waals surface area contributed by atoms with E-state index < -0.39 is 17.4 Å². The monoisotopic (exact) mass is 401 g/mol. The molecule has 4 aromatic rings. The Morgan fingerprint density at radius 2 is 2.10 bits per heavy atom. The largest absolute Gasteiger partial charge is 0.394 e. The van der Waals surface area contributed by atoms with Crippen LogP contribution in [0.2, 0.25) is 0 Å². The van der Waals surface area contributed by atoms with Crippen LogP contribution in [0.15, 0.2) is 33.8 Å². The number of nitrogens with zero attached hydrogens (tertiary/aromatic N) is 5. The summed E-state index contributed by atoms with van der Waals surface area (Å²) in [5.41, 5.74) is 0.427. The second-order valence-corrected chi connectivity index (χ2v) is 6.94. The smallest absolute Gasteiger partial charge is 0.278 e. The number of methoxy groups -OCH3 is 1. The van der Waals surface area contributed by atoms with Crippen molar-refractivity contribution in [2.75, 3.05) is 20.3 Å². The first kappa shape index (κ1) is 19.2. The maximum absolute atomic E-state index is 14.6.